The third-order valence-corrected chi connectivity index (χ3v) is 4.45. The molecule has 0 radical (unpaired) electrons. The lowest BCUT2D eigenvalue weighted by molar-refractivity contribution is -0.152. The molecule has 1 N–H and O–H groups in total. The Kier molecular flexibility index (Phi) is 2.91. The first-order valence-corrected chi connectivity index (χ1v) is 7.13. The fourth-order valence-corrected chi connectivity index (χ4v) is 3.27. The molecule has 0 bridgehead atoms. The number of ether oxygens (including phenoxy) is 1. The lowest BCUT2D eigenvalue weighted by Gasteiger charge is -2.21. The van der Waals surface area contributed by atoms with E-state index in [0.29, 0.717) is 5.75 Å². The van der Waals surface area contributed by atoms with Gasteiger partial charge in [-0.3, -0.25) is 0 Å². The highest BCUT2D eigenvalue weighted by atomic mass is 32.1. The molecule has 0 spiro atoms. The maximum atomic E-state index is 11.2. The number of fused-ring (bicyclic) bond motifs is 3. The molecule has 0 saturated heterocycles. The summed E-state index contributed by atoms with van der Waals surface area (Å²) in [5.41, 5.74) is -1.25. The Morgan fingerprint density at radius 3 is 2.55 bits per heavy atom. The Bertz CT molecular complexity index is 802. The van der Waals surface area contributed by atoms with E-state index in [4.69, 9.17) is 4.74 Å². The zero-order valence-electron chi connectivity index (χ0n) is 11.2. The molecule has 1 aromatic heterocycles. The molecule has 2 aromatic carbocycles. The van der Waals surface area contributed by atoms with Gasteiger partial charge in [0, 0.05) is 15.5 Å². The van der Waals surface area contributed by atoms with Crippen molar-refractivity contribution in [3.63, 3.8) is 0 Å². The van der Waals surface area contributed by atoms with Crippen molar-refractivity contribution in [1.29, 1.82) is 0 Å². The summed E-state index contributed by atoms with van der Waals surface area (Å²) in [4.78, 5) is 11.2. The maximum absolute atomic E-state index is 11.2. The number of hydrogen-bond donors (Lipinski definition) is 1. The van der Waals surface area contributed by atoms with Gasteiger partial charge < -0.3 is 9.84 Å². The molecule has 3 rings (SSSR count). The zero-order chi connectivity index (χ0) is 14.3. The first-order chi connectivity index (χ1) is 9.49. The standard InChI is InChI=1S/C16H14O3S/c1-16(2,15(17)18)19-12-8-5-7-11-10-6-3-4-9-13(10)20-14(11)12/h3-9H,1-2H3,(H,17,18). The minimum Gasteiger partial charge on any atom is -0.478 e. The Balaban J connectivity index is 2.19. The summed E-state index contributed by atoms with van der Waals surface area (Å²) >= 11 is 1.62. The van der Waals surface area contributed by atoms with E-state index >= 15 is 0 Å². The molecule has 0 saturated carbocycles. The molecule has 4 heteroatoms. The molecular formula is C16H14O3S. The van der Waals surface area contributed by atoms with E-state index < -0.39 is 11.6 Å². The van der Waals surface area contributed by atoms with Crippen LogP contribution < -0.4 is 4.74 Å². The normalized spacial score (nSPS) is 11.9. The third-order valence-electron chi connectivity index (χ3n) is 3.25. The average molecular weight is 286 g/mol. The minimum atomic E-state index is -1.25. The SMILES string of the molecule is CC(C)(Oc1cccc2c1sc1ccccc12)C(=O)O. The number of carboxylic acids is 1. The second-order valence-electron chi connectivity index (χ2n) is 5.15. The van der Waals surface area contributed by atoms with E-state index in [9.17, 15) is 9.90 Å². The van der Waals surface area contributed by atoms with Crippen LogP contribution in [0, 0.1) is 0 Å². The molecule has 0 aliphatic heterocycles. The summed E-state index contributed by atoms with van der Waals surface area (Å²) in [6.45, 7) is 3.11. The summed E-state index contributed by atoms with van der Waals surface area (Å²) in [6, 6.07) is 13.9. The van der Waals surface area contributed by atoms with Crippen LogP contribution in [0.25, 0.3) is 20.2 Å². The fraction of sp³-hybridized carbons (Fsp3) is 0.188. The van der Waals surface area contributed by atoms with Crippen LogP contribution in [-0.4, -0.2) is 16.7 Å². The molecule has 0 aliphatic rings. The van der Waals surface area contributed by atoms with E-state index in [-0.39, 0.29) is 0 Å². The van der Waals surface area contributed by atoms with Gasteiger partial charge in [0.05, 0.1) is 4.70 Å². The van der Waals surface area contributed by atoms with Crippen LogP contribution in [0.5, 0.6) is 5.75 Å². The molecule has 3 nitrogen and oxygen atoms in total. The highest BCUT2D eigenvalue weighted by molar-refractivity contribution is 7.26. The van der Waals surface area contributed by atoms with Gasteiger partial charge in [-0.05, 0) is 26.0 Å². The topological polar surface area (TPSA) is 46.5 Å². The van der Waals surface area contributed by atoms with Gasteiger partial charge >= 0.3 is 5.97 Å². The number of thiophene rings is 1. The predicted octanol–water partition coefficient (Wildman–Crippen LogP) is 4.30. The molecule has 102 valence electrons. The first kappa shape index (κ1) is 12.9. The molecule has 0 unspecified atom stereocenters. The quantitative estimate of drug-likeness (QED) is 0.781. The summed E-state index contributed by atoms with van der Waals surface area (Å²) in [5, 5.41) is 11.5. The van der Waals surface area contributed by atoms with Crippen molar-refractivity contribution in [2.75, 3.05) is 0 Å². The Hall–Kier alpha value is -2.07. The van der Waals surface area contributed by atoms with Crippen molar-refractivity contribution in [3.8, 4) is 5.75 Å². The van der Waals surface area contributed by atoms with Gasteiger partial charge in [0.25, 0.3) is 0 Å². The number of carbonyl (C=O) groups is 1. The van der Waals surface area contributed by atoms with Gasteiger partial charge in [0.1, 0.15) is 5.75 Å². The van der Waals surface area contributed by atoms with Gasteiger partial charge in [-0.15, -0.1) is 11.3 Å². The molecule has 0 fully saturated rings. The Morgan fingerprint density at radius 1 is 1.10 bits per heavy atom. The molecule has 3 aromatic rings. The van der Waals surface area contributed by atoms with Gasteiger partial charge in [-0.1, -0.05) is 30.3 Å². The minimum absolute atomic E-state index is 0.621. The molecule has 20 heavy (non-hydrogen) atoms. The molecule has 0 atom stereocenters. The highest BCUT2D eigenvalue weighted by Gasteiger charge is 2.30. The van der Waals surface area contributed by atoms with Crippen LogP contribution in [0.4, 0.5) is 0 Å². The van der Waals surface area contributed by atoms with E-state index in [0.717, 1.165) is 10.1 Å². The van der Waals surface area contributed by atoms with Crippen molar-refractivity contribution in [2.45, 2.75) is 19.4 Å². The van der Waals surface area contributed by atoms with Crippen LogP contribution in [-0.2, 0) is 4.79 Å². The van der Waals surface area contributed by atoms with Gasteiger partial charge in [-0.25, -0.2) is 4.79 Å². The summed E-state index contributed by atoms with van der Waals surface area (Å²) in [6.07, 6.45) is 0. The molecule has 0 aliphatic carbocycles. The first-order valence-electron chi connectivity index (χ1n) is 6.32. The lowest BCUT2D eigenvalue weighted by atomic mass is 10.1. The van der Waals surface area contributed by atoms with E-state index in [2.05, 4.69) is 12.1 Å². The summed E-state index contributed by atoms with van der Waals surface area (Å²) in [5.74, 6) is -0.355. The van der Waals surface area contributed by atoms with Gasteiger partial charge in [0.2, 0.25) is 0 Å². The average Bonchev–Trinajstić information content (AvgIpc) is 2.78. The second kappa shape index (κ2) is 4.49. The zero-order valence-corrected chi connectivity index (χ0v) is 12.0. The van der Waals surface area contributed by atoms with E-state index in [1.165, 1.54) is 10.1 Å². The van der Waals surface area contributed by atoms with Crippen molar-refractivity contribution in [3.05, 3.63) is 42.5 Å². The van der Waals surface area contributed by atoms with Crippen molar-refractivity contribution < 1.29 is 14.6 Å². The van der Waals surface area contributed by atoms with Crippen molar-refractivity contribution >= 4 is 37.5 Å². The Morgan fingerprint density at radius 2 is 1.80 bits per heavy atom. The van der Waals surface area contributed by atoms with Crippen LogP contribution in [0.15, 0.2) is 42.5 Å². The van der Waals surface area contributed by atoms with Crippen LogP contribution in [0.2, 0.25) is 0 Å². The van der Waals surface area contributed by atoms with E-state index in [1.54, 1.807) is 25.2 Å². The monoisotopic (exact) mass is 286 g/mol. The number of hydrogen-bond acceptors (Lipinski definition) is 3. The molecule has 0 amide bonds. The lowest BCUT2D eigenvalue weighted by Crippen LogP contribution is -2.37. The molecular weight excluding hydrogens is 272 g/mol. The Labute approximate surface area is 120 Å². The predicted molar refractivity (Wildman–Crippen MR) is 81.7 cm³/mol. The second-order valence-corrected chi connectivity index (χ2v) is 6.20. The largest absolute Gasteiger partial charge is 0.478 e. The number of aliphatic carboxylic acids is 1. The maximum Gasteiger partial charge on any atom is 0.347 e. The summed E-state index contributed by atoms with van der Waals surface area (Å²) < 4.78 is 7.88. The van der Waals surface area contributed by atoms with Crippen molar-refractivity contribution in [1.82, 2.24) is 0 Å². The number of benzene rings is 2. The van der Waals surface area contributed by atoms with E-state index in [1.807, 2.05) is 30.3 Å². The highest BCUT2D eigenvalue weighted by Crippen LogP contribution is 2.40. The van der Waals surface area contributed by atoms with Crippen LogP contribution >= 0.6 is 11.3 Å². The number of rotatable bonds is 3. The molecule has 1 heterocycles. The van der Waals surface area contributed by atoms with Crippen LogP contribution in [0.1, 0.15) is 13.8 Å². The van der Waals surface area contributed by atoms with Crippen LogP contribution in [0.3, 0.4) is 0 Å². The fourth-order valence-electron chi connectivity index (χ4n) is 2.12. The van der Waals surface area contributed by atoms with Gasteiger partial charge in [-0.2, -0.15) is 0 Å². The summed E-state index contributed by atoms with van der Waals surface area (Å²) in [7, 11) is 0. The van der Waals surface area contributed by atoms with Gasteiger partial charge in [0.15, 0.2) is 5.60 Å². The smallest absolute Gasteiger partial charge is 0.347 e. The number of carboxylic acid groups (broad SMARTS) is 1. The van der Waals surface area contributed by atoms with Crippen molar-refractivity contribution in [2.24, 2.45) is 0 Å². The third kappa shape index (κ3) is 2.02.